The van der Waals surface area contributed by atoms with Crippen LogP contribution >= 0.6 is 0 Å². The fraction of sp³-hybridized carbons (Fsp3) is 0.238. The summed E-state index contributed by atoms with van der Waals surface area (Å²) in [5.74, 6) is 2.83. The molecule has 0 amide bonds. The van der Waals surface area contributed by atoms with Crippen molar-refractivity contribution in [2.24, 2.45) is 0 Å². The van der Waals surface area contributed by atoms with Crippen LogP contribution in [0.15, 0.2) is 30.3 Å². The van der Waals surface area contributed by atoms with Crippen LogP contribution in [0.2, 0.25) is 0 Å². The molecule has 2 aliphatic heterocycles. The summed E-state index contributed by atoms with van der Waals surface area (Å²) in [6.07, 6.45) is 0. The van der Waals surface area contributed by atoms with Crippen LogP contribution in [0, 0.1) is 0 Å². The van der Waals surface area contributed by atoms with E-state index in [1.807, 2.05) is 24.3 Å². The molecule has 0 saturated heterocycles. The van der Waals surface area contributed by atoms with E-state index < -0.39 is 0 Å². The molecule has 0 atom stereocenters. The number of phenols is 1. The second kappa shape index (κ2) is 5.96. The Balaban J connectivity index is 1.86. The molecule has 3 aromatic rings. The van der Waals surface area contributed by atoms with Gasteiger partial charge in [-0.15, -0.1) is 0 Å². The van der Waals surface area contributed by atoms with Gasteiger partial charge in [-0.25, -0.2) is 0 Å². The van der Waals surface area contributed by atoms with E-state index in [-0.39, 0.29) is 12.5 Å². The maximum atomic E-state index is 10.9. The highest BCUT2D eigenvalue weighted by Crippen LogP contribution is 2.48. The number of benzene rings is 3. The Kier molecular flexibility index (Phi) is 3.55. The van der Waals surface area contributed by atoms with E-state index in [0.717, 1.165) is 33.4 Å². The van der Waals surface area contributed by atoms with Crippen molar-refractivity contribution in [1.82, 2.24) is 0 Å². The van der Waals surface area contributed by atoms with Crippen molar-refractivity contribution in [3.05, 3.63) is 41.5 Å². The van der Waals surface area contributed by atoms with Crippen LogP contribution in [0.4, 0.5) is 0 Å². The molecule has 0 radical (unpaired) electrons. The quantitative estimate of drug-likeness (QED) is 0.756. The van der Waals surface area contributed by atoms with Gasteiger partial charge in [0.15, 0.2) is 23.0 Å². The molecular weight excluding hydrogens is 348 g/mol. The van der Waals surface area contributed by atoms with Gasteiger partial charge in [-0.1, -0.05) is 6.07 Å². The zero-order chi connectivity index (χ0) is 18.5. The number of ether oxygens (including phenoxy) is 5. The standard InChI is InChI=1S/C21H18O6/c1-23-17-6-12-13(7-18(17)24-2)21(22)15-9-25-8-14(15)20(12)11-3-4-16-19(5-11)27-10-26-16/h3-7,22H,8-10H2,1-2H3. The highest BCUT2D eigenvalue weighted by molar-refractivity contribution is 6.04. The van der Waals surface area contributed by atoms with E-state index in [2.05, 4.69) is 0 Å². The number of phenolic OH excluding ortho intramolecular Hbond substituents is 1. The summed E-state index contributed by atoms with van der Waals surface area (Å²) >= 11 is 0. The van der Waals surface area contributed by atoms with Gasteiger partial charge in [-0.2, -0.15) is 0 Å². The largest absolute Gasteiger partial charge is 0.507 e. The normalized spacial score (nSPS) is 14.4. The van der Waals surface area contributed by atoms with Crippen LogP contribution < -0.4 is 18.9 Å². The maximum Gasteiger partial charge on any atom is 0.231 e. The van der Waals surface area contributed by atoms with Gasteiger partial charge in [0.1, 0.15) is 5.75 Å². The molecule has 2 heterocycles. The van der Waals surface area contributed by atoms with Gasteiger partial charge in [-0.3, -0.25) is 0 Å². The van der Waals surface area contributed by atoms with Gasteiger partial charge >= 0.3 is 0 Å². The molecule has 27 heavy (non-hydrogen) atoms. The average Bonchev–Trinajstić information content (AvgIpc) is 3.36. The number of hydrogen-bond donors (Lipinski definition) is 1. The Bertz CT molecular complexity index is 1070. The second-order valence-electron chi connectivity index (χ2n) is 6.49. The third-order valence-electron chi connectivity index (χ3n) is 5.15. The maximum absolute atomic E-state index is 10.9. The molecular formula is C21H18O6. The molecule has 138 valence electrons. The number of methoxy groups -OCH3 is 2. The third kappa shape index (κ3) is 2.30. The van der Waals surface area contributed by atoms with Crippen molar-refractivity contribution in [1.29, 1.82) is 0 Å². The lowest BCUT2D eigenvalue weighted by molar-refractivity contribution is 0.133. The van der Waals surface area contributed by atoms with E-state index in [9.17, 15) is 5.11 Å². The molecule has 0 spiro atoms. The van der Waals surface area contributed by atoms with Gasteiger partial charge in [0.2, 0.25) is 6.79 Å². The molecule has 5 rings (SSSR count). The first kappa shape index (κ1) is 16.1. The molecule has 2 aliphatic rings. The van der Waals surface area contributed by atoms with Crippen molar-refractivity contribution in [3.63, 3.8) is 0 Å². The van der Waals surface area contributed by atoms with Gasteiger partial charge in [0.25, 0.3) is 0 Å². The monoisotopic (exact) mass is 366 g/mol. The SMILES string of the molecule is COc1cc2c(O)c3c(c(-c4ccc5c(c4)OCO5)c2cc1OC)COC3. The molecule has 0 aliphatic carbocycles. The minimum absolute atomic E-state index is 0.224. The Morgan fingerprint density at radius 1 is 0.852 bits per heavy atom. The zero-order valence-corrected chi connectivity index (χ0v) is 15.0. The first-order valence-corrected chi connectivity index (χ1v) is 8.61. The summed E-state index contributed by atoms with van der Waals surface area (Å²) < 4.78 is 27.5. The molecule has 0 bridgehead atoms. The fourth-order valence-electron chi connectivity index (χ4n) is 3.85. The van der Waals surface area contributed by atoms with Crippen LogP contribution in [0.5, 0.6) is 28.7 Å². The van der Waals surface area contributed by atoms with E-state index >= 15 is 0 Å². The lowest BCUT2D eigenvalue weighted by Crippen LogP contribution is -1.96. The van der Waals surface area contributed by atoms with Crippen molar-refractivity contribution in [2.75, 3.05) is 21.0 Å². The topological polar surface area (TPSA) is 66.4 Å². The molecule has 0 unspecified atom stereocenters. The molecule has 6 heteroatoms. The molecule has 0 aromatic heterocycles. The Morgan fingerprint density at radius 3 is 2.33 bits per heavy atom. The van der Waals surface area contributed by atoms with Crippen LogP contribution in [0.25, 0.3) is 21.9 Å². The Labute approximate surface area is 155 Å². The smallest absolute Gasteiger partial charge is 0.231 e. The number of hydrogen-bond acceptors (Lipinski definition) is 6. The first-order chi connectivity index (χ1) is 13.2. The molecule has 3 aromatic carbocycles. The summed E-state index contributed by atoms with van der Waals surface area (Å²) in [7, 11) is 3.18. The third-order valence-corrected chi connectivity index (χ3v) is 5.15. The number of aromatic hydroxyl groups is 1. The van der Waals surface area contributed by atoms with Crippen LogP contribution in [-0.4, -0.2) is 26.1 Å². The second-order valence-corrected chi connectivity index (χ2v) is 6.49. The van der Waals surface area contributed by atoms with Crippen molar-refractivity contribution in [2.45, 2.75) is 13.2 Å². The van der Waals surface area contributed by atoms with Gasteiger partial charge < -0.3 is 28.8 Å². The van der Waals surface area contributed by atoms with E-state index in [0.29, 0.717) is 35.8 Å². The molecule has 0 saturated carbocycles. The molecule has 1 N–H and O–H groups in total. The summed E-state index contributed by atoms with van der Waals surface area (Å²) in [6.45, 7) is 1.04. The number of rotatable bonds is 3. The van der Waals surface area contributed by atoms with Crippen LogP contribution in [0.1, 0.15) is 11.1 Å². The van der Waals surface area contributed by atoms with Crippen molar-refractivity contribution in [3.8, 4) is 39.9 Å². The predicted molar refractivity (Wildman–Crippen MR) is 98.8 cm³/mol. The average molecular weight is 366 g/mol. The lowest BCUT2D eigenvalue weighted by Gasteiger charge is -2.17. The van der Waals surface area contributed by atoms with Crippen molar-refractivity contribution >= 4 is 10.8 Å². The Hall–Kier alpha value is -3.12. The van der Waals surface area contributed by atoms with Crippen LogP contribution in [-0.2, 0) is 18.0 Å². The molecule has 6 nitrogen and oxygen atoms in total. The van der Waals surface area contributed by atoms with E-state index in [1.165, 1.54) is 0 Å². The van der Waals surface area contributed by atoms with Gasteiger partial charge in [-0.05, 0) is 46.3 Å². The summed E-state index contributed by atoms with van der Waals surface area (Å²) in [4.78, 5) is 0. The van der Waals surface area contributed by atoms with Gasteiger partial charge in [0, 0.05) is 10.9 Å². The summed E-state index contributed by atoms with van der Waals surface area (Å²) in [5.41, 5.74) is 3.75. The number of fused-ring (bicyclic) bond motifs is 3. The minimum Gasteiger partial charge on any atom is -0.507 e. The summed E-state index contributed by atoms with van der Waals surface area (Å²) in [5, 5.41) is 12.4. The lowest BCUT2D eigenvalue weighted by atomic mass is 9.89. The van der Waals surface area contributed by atoms with E-state index in [1.54, 1.807) is 20.3 Å². The van der Waals surface area contributed by atoms with E-state index in [4.69, 9.17) is 23.7 Å². The Morgan fingerprint density at radius 2 is 1.56 bits per heavy atom. The summed E-state index contributed by atoms with van der Waals surface area (Å²) in [6, 6.07) is 9.56. The minimum atomic E-state index is 0.224. The van der Waals surface area contributed by atoms with Crippen molar-refractivity contribution < 1.29 is 28.8 Å². The highest BCUT2D eigenvalue weighted by Gasteiger charge is 2.26. The predicted octanol–water partition coefficient (Wildman–Crippen LogP) is 3.99. The zero-order valence-electron chi connectivity index (χ0n) is 15.0. The van der Waals surface area contributed by atoms with Gasteiger partial charge in [0.05, 0.1) is 27.4 Å². The highest BCUT2D eigenvalue weighted by atomic mass is 16.7. The molecule has 0 fully saturated rings. The first-order valence-electron chi connectivity index (χ1n) is 8.61. The fourth-order valence-corrected chi connectivity index (χ4v) is 3.85. The van der Waals surface area contributed by atoms with Crippen LogP contribution in [0.3, 0.4) is 0 Å².